The van der Waals surface area contributed by atoms with Gasteiger partial charge in [0.15, 0.2) is 4.67 Å². The fraction of sp³-hybridized carbons (Fsp3) is 0.692. The number of hydrogen-bond donors (Lipinski definition) is 0. The molecule has 1 aromatic heterocycles. The van der Waals surface area contributed by atoms with Gasteiger partial charge in [-0.3, -0.25) is 0 Å². The van der Waals surface area contributed by atoms with Crippen molar-refractivity contribution >= 4 is 37.6 Å². The van der Waals surface area contributed by atoms with E-state index in [1.807, 2.05) is 0 Å². The normalized spacial score (nSPS) is 21.6. The first-order chi connectivity index (χ1) is 9.16. The largest absolute Gasteiger partial charge is 0.452 e. The Bertz CT molecular complexity index is 591. The van der Waals surface area contributed by atoms with Gasteiger partial charge in [0.2, 0.25) is 10.0 Å². The number of alkyl halides is 1. The highest BCUT2D eigenvalue weighted by atomic mass is 79.9. The van der Waals surface area contributed by atoms with Crippen LogP contribution < -0.4 is 0 Å². The second-order valence-corrected chi connectivity index (χ2v) is 9.09. The molecule has 1 atom stereocenters. The number of nitrogens with zero attached hydrogens (tertiary/aromatic N) is 1. The minimum absolute atomic E-state index is 0.110. The summed E-state index contributed by atoms with van der Waals surface area (Å²) in [5, 5.41) is 0. The summed E-state index contributed by atoms with van der Waals surface area (Å²) in [4.78, 5) is 0.169. The molecule has 1 aliphatic heterocycles. The third kappa shape index (κ3) is 3.08. The van der Waals surface area contributed by atoms with E-state index in [0.717, 1.165) is 6.42 Å². The molecule has 0 N–H and O–H groups in total. The average Bonchev–Trinajstić information content (AvgIpc) is 2.94. The number of rotatable bonds is 3. The van der Waals surface area contributed by atoms with Crippen LogP contribution in [0.15, 0.2) is 20.0 Å². The third-order valence-corrected chi connectivity index (χ3v) is 6.82. The molecular weight excluding hydrogens is 366 g/mol. The van der Waals surface area contributed by atoms with E-state index in [1.54, 1.807) is 0 Å². The van der Waals surface area contributed by atoms with Gasteiger partial charge in [0.1, 0.15) is 10.7 Å². The van der Waals surface area contributed by atoms with E-state index in [0.29, 0.717) is 24.8 Å². The maximum absolute atomic E-state index is 12.6. The Hall–Kier alpha value is -0.0400. The summed E-state index contributed by atoms with van der Waals surface area (Å²) in [5.41, 5.74) is 0.110. The van der Waals surface area contributed by atoms with Crippen molar-refractivity contribution in [2.24, 2.45) is 11.3 Å². The molecular formula is C13H19BrClNO3S. The standard InChI is InChI=1S/C13H19BrClNO3S/c1-13(2,3)9-4-5-16(8-9)20(17,18)11-6-10(7-15)19-12(11)14/h6,9H,4-5,7-8H2,1-3H3. The summed E-state index contributed by atoms with van der Waals surface area (Å²) in [5.74, 6) is 0.970. The van der Waals surface area contributed by atoms with Crippen LogP contribution in [0.1, 0.15) is 33.0 Å². The average molecular weight is 385 g/mol. The molecule has 0 saturated carbocycles. The van der Waals surface area contributed by atoms with Crippen LogP contribution in [-0.4, -0.2) is 25.8 Å². The van der Waals surface area contributed by atoms with Gasteiger partial charge in [-0.1, -0.05) is 20.8 Å². The molecule has 0 amide bonds. The predicted molar refractivity (Wildman–Crippen MR) is 82.3 cm³/mol. The van der Waals surface area contributed by atoms with Gasteiger partial charge in [-0.15, -0.1) is 11.6 Å². The highest BCUT2D eigenvalue weighted by Gasteiger charge is 2.39. The predicted octanol–water partition coefficient (Wildman–Crippen LogP) is 3.84. The lowest BCUT2D eigenvalue weighted by Crippen LogP contribution is -2.31. The lowest BCUT2D eigenvalue weighted by molar-refractivity contribution is 0.252. The Labute approximate surface area is 133 Å². The summed E-state index contributed by atoms with van der Waals surface area (Å²) in [6.07, 6.45) is 0.889. The Morgan fingerprint density at radius 2 is 2.15 bits per heavy atom. The van der Waals surface area contributed by atoms with Gasteiger partial charge < -0.3 is 4.42 Å². The van der Waals surface area contributed by atoms with Crippen molar-refractivity contribution in [3.63, 3.8) is 0 Å². The van der Waals surface area contributed by atoms with Crippen molar-refractivity contribution in [3.8, 4) is 0 Å². The molecule has 1 aliphatic rings. The summed E-state index contributed by atoms with van der Waals surface area (Å²) in [6, 6.07) is 1.50. The van der Waals surface area contributed by atoms with Gasteiger partial charge >= 0.3 is 0 Å². The van der Waals surface area contributed by atoms with Crippen LogP contribution >= 0.6 is 27.5 Å². The van der Waals surface area contributed by atoms with E-state index >= 15 is 0 Å². The maximum Gasteiger partial charge on any atom is 0.247 e. The van der Waals surface area contributed by atoms with E-state index in [1.165, 1.54) is 10.4 Å². The molecule has 2 rings (SSSR count). The molecule has 0 aliphatic carbocycles. The number of sulfonamides is 1. The molecule has 1 saturated heterocycles. The molecule has 1 aromatic rings. The van der Waals surface area contributed by atoms with Crippen LogP contribution in [0.5, 0.6) is 0 Å². The van der Waals surface area contributed by atoms with E-state index in [4.69, 9.17) is 16.0 Å². The van der Waals surface area contributed by atoms with Crippen LogP contribution in [0, 0.1) is 11.3 Å². The van der Waals surface area contributed by atoms with Crippen LogP contribution in [0.25, 0.3) is 0 Å². The second-order valence-electron chi connectivity index (χ2n) is 6.20. The number of halogens is 2. The maximum atomic E-state index is 12.6. The minimum atomic E-state index is -3.52. The van der Waals surface area contributed by atoms with Gasteiger partial charge in [0.25, 0.3) is 0 Å². The van der Waals surface area contributed by atoms with Gasteiger partial charge in [-0.2, -0.15) is 4.31 Å². The molecule has 1 unspecified atom stereocenters. The van der Waals surface area contributed by atoms with Crippen LogP contribution in [0.3, 0.4) is 0 Å². The first-order valence-electron chi connectivity index (χ1n) is 6.50. The molecule has 0 bridgehead atoms. The highest BCUT2D eigenvalue weighted by Crippen LogP contribution is 2.37. The highest BCUT2D eigenvalue weighted by molar-refractivity contribution is 9.10. The minimum Gasteiger partial charge on any atom is -0.452 e. The van der Waals surface area contributed by atoms with Gasteiger partial charge in [-0.05, 0) is 33.7 Å². The molecule has 7 heteroatoms. The molecule has 2 heterocycles. The Kier molecular flexibility index (Phi) is 4.60. The zero-order valence-electron chi connectivity index (χ0n) is 11.8. The first-order valence-corrected chi connectivity index (χ1v) is 9.27. The number of hydrogen-bond acceptors (Lipinski definition) is 3. The van der Waals surface area contributed by atoms with Gasteiger partial charge in [-0.25, -0.2) is 8.42 Å². The smallest absolute Gasteiger partial charge is 0.247 e. The summed E-state index contributed by atoms with van der Waals surface area (Å²) >= 11 is 8.85. The van der Waals surface area contributed by atoms with Gasteiger partial charge in [0.05, 0.1) is 5.88 Å². The van der Waals surface area contributed by atoms with Crippen molar-refractivity contribution < 1.29 is 12.8 Å². The molecule has 1 fully saturated rings. The van der Waals surface area contributed by atoms with E-state index in [9.17, 15) is 8.42 Å². The molecule has 0 radical (unpaired) electrons. The van der Waals surface area contributed by atoms with Crippen LogP contribution in [-0.2, 0) is 15.9 Å². The number of furan rings is 1. The summed E-state index contributed by atoms with van der Waals surface area (Å²) in [6.45, 7) is 7.55. The van der Waals surface area contributed by atoms with E-state index < -0.39 is 10.0 Å². The van der Waals surface area contributed by atoms with E-state index in [-0.39, 0.29) is 20.9 Å². The van der Waals surface area contributed by atoms with Crippen LogP contribution in [0.4, 0.5) is 0 Å². The fourth-order valence-corrected chi connectivity index (χ4v) is 5.02. The van der Waals surface area contributed by atoms with E-state index in [2.05, 4.69) is 36.7 Å². The molecule has 4 nitrogen and oxygen atoms in total. The second kappa shape index (κ2) is 5.63. The van der Waals surface area contributed by atoms with Crippen LogP contribution in [0.2, 0.25) is 0 Å². The summed E-state index contributed by atoms with van der Waals surface area (Å²) < 4.78 is 32.3. The Morgan fingerprint density at radius 1 is 1.50 bits per heavy atom. The molecule has 0 spiro atoms. The molecule has 114 valence electrons. The van der Waals surface area contributed by atoms with Gasteiger partial charge in [0, 0.05) is 19.2 Å². The van der Waals surface area contributed by atoms with Crippen molar-refractivity contribution in [1.82, 2.24) is 4.31 Å². The zero-order valence-corrected chi connectivity index (χ0v) is 15.0. The Balaban J connectivity index is 2.26. The Morgan fingerprint density at radius 3 is 2.60 bits per heavy atom. The zero-order chi connectivity index (χ0) is 15.1. The quantitative estimate of drug-likeness (QED) is 0.744. The van der Waals surface area contributed by atoms with Crippen molar-refractivity contribution in [3.05, 3.63) is 16.5 Å². The first kappa shape index (κ1) is 16.3. The monoisotopic (exact) mass is 383 g/mol. The lowest BCUT2D eigenvalue weighted by Gasteiger charge is -2.26. The van der Waals surface area contributed by atoms with Crippen molar-refractivity contribution in [2.75, 3.05) is 13.1 Å². The fourth-order valence-electron chi connectivity index (χ4n) is 2.43. The molecule has 20 heavy (non-hydrogen) atoms. The van der Waals surface area contributed by atoms with Crippen molar-refractivity contribution in [2.45, 2.75) is 38.0 Å². The third-order valence-electron chi connectivity index (χ3n) is 3.83. The topological polar surface area (TPSA) is 50.5 Å². The summed E-state index contributed by atoms with van der Waals surface area (Å²) in [7, 11) is -3.52. The SMILES string of the molecule is CC(C)(C)C1CCN(S(=O)(=O)c2cc(CCl)oc2Br)C1. The van der Waals surface area contributed by atoms with Crippen molar-refractivity contribution in [1.29, 1.82) is 0 Å². The lowest BCUT2D eigenvalue weighted by atomic mass is 9.80. The molecule has 0 aromatic carbocycles.